The largest absolute Gasteiger partial charge is 0.497 e. The van der Waals surface area contributed by atoms with Gasteiger partial charge in [-0.05, 0) is 43.9 Å². The summed E-state index contributed by atoms with van der Waals surface area (Å²) in [5, 5.41) is 5.17. The second-order valence-electron chi connectivity index (χ2n) is 9.42. The van der Waals surface area contributed by atoms with Crippen LogP contribution in [0.15, 0.2) is 29.8 Å². The molecule has 0 bridgehead atoms. The van der Waals surface area contributed by atoms with E-state index in [1.807, 2.05) is 34.2 Å². The number of ether oxygens (including phenoxy) is 2. The number of thiazole rings is 1. The molecule has 7 heteroatoms. The van der Waals surface area contributed by atoms with Gasteiger partial charge < -0.3 is 14.8 Å². The molecule has 162 valence electrons. The van der Waals surface area contributed by atoms with E-state index in [1.165, 1.54) is 11.3 Å². The van der Waals surface area contributed by atoms with E-state index >= 15 is 0 Å². The third kappa shape index (κ3) is 5.14. The maximum absolute atomic E-state index is 12.7. The molecular weight excluding hydrogens is 398 g/mol. The van der Waals surface area contributed by atoms with Gasteiger partial charge in [0, 0.05) is 28.4 Å². The van der Waals surface area contributed by atoms with Crippen molar-refractivity contribution in [1.29, 1.82) is 0 Å². The Labute approximate surface area is 182 Å². The lowest BCUT2D eigenvalue weighted by Crippen LogP contribution is -2.46. The summed E-state index contributed by atoms with van der Waals surface area (Å²) in [6.07, 6.45) is 3.15. The summed E-state index contributed by atoms with van der Waals surface area (Å²) in [5.41, 5.74) is 2.43. The van der Waals surface area contributed by atoms with E-state index in [4.69, 9.17) is 14.5 Å². The Balaban J connectivity index is 1.83. The zero-order valence-electron chi connectivity index (χ0n) is 18.8. The normalized spacial score (nSPS) is 12.2. The van der Waals surface area contributed by atoms with Crippen LogP contribution < -0.4 is 14.8 Å². The molecular formula is C23H31N3O3S. The summed E-state index contributed by atoms with van der Waals surface area (Å²) in [7, 11) is 3.27. The van der Waals surface area contributed by atoms with Gasteiger partial charge in [-0.25, -0.2) is 4.98 Å². The molecule has 3 aromatic rings. The maximum atomic E-state index is 12.7. The predicted octanol–water partition coefficient (Wildman–Crippen LogP) is 4.95. The minimum Gasteiger partial charge on any atom is -0.497 e. The van der Waals surface area contributed by atoms with Crippen LogP contribution in [0.5, 0.6) is 11.5 Å². The number of hydrogen-bond acceptors (Lipinski definition) is 5. The van der Waals surface area contributed by atoms with Crippen LogP contribution >= 0.6 is 11.3 Å². The minimum absolute atomic E-state index is 0.0122. The van der Waals surface area contributed by atoms with Gasteiger partial charge in [0.2, 0.25) is 5.91 Å². The second kappa shape index (κ2) is 8.30. The Morgan fingerprint density at radius 1 is 1.17 bits per heavy atom. The molecule has 0 aliphatic carbocycles. The van der Waals surface area contributed by atoms with Gasteiger partial charge in [0.1, 0.15) is 11.5 Å². The number of carbonyl (C=O) groups is 1. The molecule has 0 aliphatic heterocycles. The molecule has 0 atom stereocenters. The van der Waals surface area contributed by atoms with Gasteiger partial charge in [0.25, 0.3) is 0 Å². The number of benzene rings is 1. The summed E-state index contributed by atoms with van der Waals surface area (Å²) < 4.78 is 12.8. The van der Waals surface area contributed by atoms with Gasteiger partial charge in [-0.3, -0.25) is 9.20 Å². The topological polar surface area (TPSA) is 64.9 Å². The number of nitrogens with one attached hydrogen (secondary N) is 1. The monoisotopic (exact) mass is 429 g/mol. The SMILES string of the molecule is COc1ccc(OC)c(-c2cn3c(CC(=O)NC(C)(C)CC(C)(C)C)csc3n2)c1. The molecule has 0 spiro atoms. The first kappa shape index (κ1) is 22.2. The summed E-state index contributed by atoms with van der Waals surface area (Å²) >= 11 is 1.52. The Kier molecular flexibility index (Phi) is 6.13. The van der Waals surface area contributed by atoms with Crippen molar-refractivity contribution in [3.63, 3.8) is 0 Å². The van der Waals surface area contributed by atoms with Crippen molar-refractivity contribution in [3.05, 3.63) is 35.5 Å². The van der Waals surface area contributed by atoms with E-state index in [0.717, 1.165) is 39.8 Å². The number of methoxy groups -OCH3 is 2. The van der Waals surface area contributed by atoms with Gasteiger partial charge >= 0.3 is 0 Å². The lowest BCUT2D eigenvalue weighted by molar-refractivity contribution is -0.122. The molecule has 1 N–H and O–H groups in total. The third-order valence-corrected chi connectivity index (χ3v) is 5.65. The molecule has 1 aromatic carbocycles. The fourth-order valence-electron chi connectivity index (χ4n) is 4.06. The minimum atomic E-state index is -0.265. The molecule has 6 nitrogen and oxygen atoms in total. The van der Waals surface area contributed by atoms with Crippen molar-refractivity contribution in [3.8, 4) is 22.8 Å². The number of amides is 1. The van der Waals surface area contributed by atoms with Gasteiger partial charge in [-0.1, -0.05) is 20.8 Å². The highest BCUT2D eigenvalue weighted by Crippen LogP contribution is 2.34. The van der Waals surface area contributed by atoms with Crippen LogP contribution in [0.1, 0.15) is 46.7 Å². The summed E-state index contributed by atoms with van der Waals surface area (Å²) in [5.74, 6) is 1.48. The number of rotatable bonds is 7. The van der Waals surface area contributed by atoms with E-state index in [2.05, 4.69) is 39.9 Å². The smallest absolute Gasteiger partial charge is 0.226 e. The van der Waals surface area contributed by atoms with Crippen LogP contribution in [0.3, 0.4) is 0 Å². The lowest BCUT2D eigenvalue weighted by Gasteiger charge is -2.33. The van der Waals surface area contributed by atoms with E-state index in [0.29, 0.717) is 6.42 Å². The number of aromatic nitrogens is 2. The Bertz CT molecular complexity index is 1040. The molecule has 0 saturated carbocycles. The quantitative estimate of drug-likeness (QED) is 0.577. The highest BCUT2D eigenvalue weighted by Gasteiger charge is 2.27. The summed E-state index contributed by atoms with van der Waals surface area (Å²) in [4.78, 5) is 18.3. The average molecular weight is 430 g/mol. The zero-order chi connectivity index (χ0) is 22.1. The summed E-state index contributed by atoms with van der Waals surface area (Å²) in [6.45, 7) is 10.7. The van der Waals surface area contributed by atoms with Crippen molar-refractivity contribution in [2.24, 2.45) is 5.41 Å². The van der Waals surface area contributed by atoms with Gasteiger partial charge in [-0.15, -0.1) is 11.3 Å². The maximum Gasteiger partial charge on any atom is 0.226 e. The average Bonchev–Trinajstić information content (AvgIpc) is 3.20. The standard InChI is InChI=1S/C23H31N3O3S/c1-22(2,3)14-23(4,5)25-20(27)10-15-13-30-21-24-18(12-26(15)21)17-11-16(28-6)8-9-19(17)29-7/h8-9,11-13H,10,14H2,1-7H3,(H,25,27). The van der Waals surface area contributed by atoms with Crippen LogP contribution in [0.2, 0.25) is 0 Å². The molecule has 30 heavy (non-hydrogen) atoms. The molecule has 1 amide bonds. The Hall–Kier alpha value is -2.54. The first-order chi connectivity index (χ1) is 14.0. The van der Waals surface area contributed by atoms with Crippen molar-refractivity contribution < 1.29 is 14.3 Å². The zero-order valence-corrected chi connectivity index (χ0v) is 19.6. The fourth-order valence-corrected chi connectivity index (χ4v) is 4.93. The molecule has 2 heterocycles. The van der Waals surface area contributed by atoms with Crippen LogP contribution in [0.25, 0.3) is 16.2 Å². The van der Waals surface area contributed by atoms with Crippen molar-refractivity contribution in [2.45, 2.75) is 53.0 Å². The van der Waals surface area contributed by atoms with Crippen LogP contribution in [0, 0.1) is 5.41 Å². The molecule has 0 unspecified atom stereocenters. The Morgan fingerprint density at radius 3 is 2.53 bits per heavy atom. The molecule has 3 rings (SSSR count). The second-order valence-corrected chi connectivity index (χ2v) is 10.3. The first-order valence-corrected chi connectivity index (χ1v) is 10.9. The van der Waals surface area contributed by atoms with Crippen molar-refractivity contribution >= 4 is 22.2 Å². The third-order valence-electron chi connectivity index (χ3n) is 4.76. The van der Waals surface area contributed by atoms with Crippen LogP contribution in [-0.4, -0.2) is 35.1 Å². The molecule has 2 aromatic heterocycles. The number of carbonyl (C=O) groups excluding carboxylic acids is 1. The van der Waals surface area contributed by atoms with E-state index in [-0.39, 0.29) is 16.9 Å². The Morgan fingerprint density at radius 2 is 1.90 bits per heavy atom. The van der Waals surface area contributed by atoms with E-state index in [9.17, 15) is 4.79 Å². The van der Waals surface area contributed by atoms with E-state index in [1.54, 1.807) is 14.2 Å². The summed E-state index contributed by atoms with van der Waals surface area (Å²) in [6, 6.07) is 5.63. The molecule has 0 saturated heterocycles. The van der Waals surface area contributed by atoms with Gasteiger partial charge in [-0.2, -0.15) is 0 Å². The number of imidazole rings is 1. The predicted molar refractivity (Wildman–Crippen MR) is 122 cm³/mol. The fraction of sp³-hybridized carbons (Fsp3) is 0.478. The van der Waals surface area contributed by atoms with Crippen molar-refractivity contribution in [2.75, 3.05) is 14.2 Å². The number of fused-ring (bicyclic) bond motifs is 1. The molecule has 0 radical (unpaired) electrons. The van der Waals surface area contributed by atoms with Gasteiger partial charge in [0.15, 0.2) is 4.96 Å². The van der Waals surface area contributed by atoms with Crippen LogP contribution in [0.4, 0.5) is 0 Å². The molecule has 0 aliphatic rings. The highest BCUT2D eigenvalue weighted by molar-refractivity contribution is 7.15. The van der Waals surface area contributed by atoms with Crippen LogP contribution in [-0.2, 0) is 11.2 Å². The van der Waals surface area contributed by atoms with Gasteiger partial charge in [0.05, 0.1) is 26.3 Å². The highest BCUT2D eigenvalue weighted by atomic mass is 32.1. The van der Waals surface area contributed by atoms with Crippen molar-refractivity contribution in [1.82, 2.24) is 14.7 Å². The first-order valence-electron chi connectivity index (χ1n) is 10.0. The lowest BCUT2D eigenvalue weighted by atomic mass is 9.82. The number of hydrogen-bond donors (Lipinski definition) is 1. The number of nitrogens with zero attached hydrogens (tertiary/aromatic N) is 2. The van der Waals surface area contributed by atoms with E-state index < -0.39 is 0 Å². The molecule has 0 fully saturated rings.